The smallest absolute Gasteiger partial charge is 0.305 e. The summed E-state index contributed by atoms with van der Waals surface area (Å²) in [4.78, 5) is 21.7. The number of aromatic hydroxyl groups is 1. The van der Waals surface area contributed by atoms with E-state index in [1.54, 1.807) is 0 Å². The van der Waals surface area contributed by atoms with Crippen LogP contribution in [0, 0.1) is 0 Å². The maximum absolute atomic E-state index is 10.9. The van der Waals surface area contributed by atoms with E-state index in [-0.39, 0.29) is 18.8 Å². The molecule has 1 heterocycles. The summed E-state index contributed by atoms with van der Waals surface area (Å²) in [7, 11) is 1.29. The van der Waals surface area contributed by atoms with Crippen molar-refractivity contribution in [2.24, 2.45) is 0 Å². The van der Waals surface area contributed by atoms with Gasteiger partial charge < -0.3 is 14.3 Å². The Balaban J connectivity index is 2.65. The number of esters is 1. The normalized spacial score (nSPS) is 9.79. The van der Waals surface area contributed by atoms with Gasteiger partial charge in [0.2, 0.25) is 5.43 Å². The Morgan fingerprint density at radius 3 is 2.93 bits per heavy atom. The molecule has 0 bridgehead atoms. The summed E-state index contributed by atoms with van der Waals surface area (Å²) in [6.07, 6.45) is 1.38. The highest BCUT2D eigenvalue weighted by Gasteiger charge is 2.05. The first-order valence-corrected chi connectivity index (χ1v) is 4.01. The zero-order valence-electron chi connectivity index (χ0n) is 7.65. The van der Waals surface area contributed by atoms with Crippen molar-refractivity contribution in [3.63, 3.8) is 0 Å². The van der Waals surface area contributed by atoms with E-state index in [0.29, 0.717) is 5.76 Å². The summed E-state index contributed by atoms with van der Waals surface area (Å²) in [6.45, 7) is 0. The van der Waals surface area contributed by atoms with Gasteiger partial charge in [0, 0.05) is 12.5 Å². The van der Waals surface area contributed by atoms with Crippen LogP contribution in [0.25, 0.3) is 0 Å². The molecule has 14 heavy (non-hydrogen) atoms. The van der Waals surface area contributed by atoms with E-state index in [2.05, 4.69) is 4.74 Å². The lowest BCUT2D eigenvalue weighted by atomic mass is 10.2. The van der Waals surface area contributed by atoms with Crippen LogP contribution in [0.3, 0.4) is 0 Å². The molecule has 0 fully saturated rings. The summed E-state index contributed by atoms with van der Waals surface area (Å²) in [5, 5.41) is 8.87. The maximum atomic E-state index is 10.9. The van der Waals surface area contributed by atoms with Crippen molar-refractivity contribution in [3.05, 3.63) is 28.3 Å². The van der Waals surface area contributed by atoms with Gasteiger partial charge >= 0.3 is 5.97 Å². The topological polar surface area (TPSA) is 76.7 Å². The fourth-order valence-electron chi connectivity index (χ4n) is 0.902. The van der Waals surface area contributed by atoms with Crippen LogP contribution < -0.4 is 5.43 Å². The fraction of sp³-hybridized carbons (Fsp3) is 0.333. The van der Waals surface area contributed by atoms with Gasteiger partial charge in [0.15, 0.2) is 5.75 Å². The van der Waals surface area contributed by atoms with E-state index in [0.717, 1.165) is 12.3 Å². The lowest BCUT2D eigenvalue weighted by Crippen LogP contribution is -2.04. The van der Waals surface area contributed by atoms with Crippen molar-refractivity contribution in [2.75, 3.05) is 7.11 Å². The lowest BCUT2D eigenvalue weighted by molar-refractivity contribution is -0.140. The molecule has 1 N–H and O–H groups in total. The number of methoxy groups -OCH3 is 1. The second-order valence-corrected chi connectivity index (χ2v) is 2.67. The van der Waals surface area contributed by atoms with E-state index in [1.807, 2.05) is 0 Å². The van der Waals surface area contributed by atoms with Crippen LogP contribution in [0.1, 0.15) is 12.2 Å². The predicted octanol–water partition coefficient (Wildman–Crippen LogP) is 0.451. The predicted molar refractivity (Wildman–Crippen MR) is 47.0 cm³/mol. The highest BCUT2D eigenvalue weighted by atomic mass is 16.5. The van der Waals surface area contributed by atoms with Crippen LogP contribution >= 0.6 is 0 Å². The summed E-state index contributed by atoms with van der Waals surface area (Å²) < 4.78 is 9.29. The van der Waals surface area contributed by atoms with Gasteiger partial charge in [0.25, 0.3) is 0 Å². The third-order valence-electron chi connectivity index (χ3n) is 1.67. The lowest BCUT2D eigenvalue weighted by Gasteiger charge is -1.99. The maximum Gasteiger partial charge on any atom is 0.305 e. The fourth-order valence-corrected chi connectivity index (χ4v) is 0.902. The van der Waals surface area contributed by atoms with Gasteiger partial charge in [0.05, 0.1) is 13.5 Å². The summed E-state index contributed by atoms with van der Waals surface area (Å²) in [5.74, 6) is -0.467. The molecule has 0 saturated carbocycles. The Morgan fingerprint density at radius 1 is 1.64 bits per heavy atom. The molecule has 0 aliphatic heterocycles. The molecular formula is C9H10O5. The molecule has 0 saturated heterocycles. The summed E-state index contributed by atoms with van der Waals surface area (Å²) in [5.41, 5.74) is -0.517. The van der Waals surface area contributed by atoms with Gasteiger partial charge in [-0.05, 0) is 0 Å². The first-order valence-electron chi connectivity index (χ1n) is 4.01. The van der Waals surface area contributed by atoms with Gasteiger partial charge in [-0.2, -0.15) is 0 Å². The Morgan fingerprint density at radius 2 is 2.36 bits per heavy atom. The molecule has 0 spiro atoms. The van der Waals surface area contributed by atoms with E-state index < -0.39 is 11.2 Å². The second-order valence-electron chi connectivity index (χ2n) is 2.67. The number of carbonyl (C=O) groups excluding carboxylic acids is 1. The van der Waals surface area contributed by atoms with E-state index in [1.165, 1.54) is 7.11 Å². The molecule has 0 aliphatic carbocycles. The molecule has 1 rings (SSSR count). The molecule has 5 nitrogen and oxygen atoms in total. The van der Waals surface area contributed by atoms with Gasteiger partial charge in [0.1, 0.15) is 12.0 Å². The molecule has 0 amide bonds. The van der Waals surface area contributed by atoms with E-state index in [4.69, 9.17) is 9.52 Å². The molecule has 1 aromatic heterocycles. The standard InChI is InChI=1S/C9H10O5/c1-13-9(12)3-2-6-4-7(10)8(11)5-14-6/h4-5,11H,2-3H2,1H3. The Hall–Kier alpha value is -1.78. The Bertz CT molecular complexity index is 379. The van der Waals surface area contributed by atoms with Crippen molar-refractivity contribution in [1.29, 1.82) is 0 Å². The quantitative estimate of drug-likeness (QED) is 0.713. The van der Waals surface area contributed by atoms with Crippen molar-refractivity contribution >= 4 is 5.97 Å². The van der Waals surface area contributed by atoms with Gasteiger partial charge in [-0.25, -0.2) is 0 Å². The van der Waals surface area contributed by atoms with Crippen molar-refractivity contribution < 1.29 is 19.1 Å². The van der Waals surface area contributed by atoms with Crippen LogP contribution in [0.15, 0.2) is 21.5 Å². The number of carbonyl (C=O) groups is 1. The average molecular weight is 198 g/mol. The molecule has 0 aliphatic rings. The third-order valence-corrected chi connectivity index (χ3v) is 1.67. The zero-order chi connectivity index (χ0) is 10.6. The molecule has 0 unspecified atom stereocenters. The van der Waals surface area contributed by atoms with Crippen LogP contribution in [0.5, 0.6) is 5.75 Å². The van der Waals surface area contributed by atoms with Gasteiger partial charge in [-0.1, -0.05) is 0 Å². The highest BCUT2D eigenvalue weighted by molar-refractivity contribution is 5.69. The minimum Gasteiger partial charge on any atom is -0.502 e. The minimum absolute atomic E-state index is 0.143. The van der Waals surface area contributed by atoms with Gasteiger partial charge in [-0.3, -0.25) is 9.59 Å². The molecule has 0 radical (unpaired) electrons. The SMILES string of the molecule is COC(=O)CCc1cc(=O)c(O)co1. The second kappa shape index (κ2) is 4.45. The Kier molecular flexibility index (Phi) is 3.28. The van der Waals surface area contributed by atoms with Crippen LogP contribution in [-0.4, -0.2) is 18.2 Å². The monoisotopic (exact) mass is 198 g/mol. The number of rotatable bonds is 3. The van der Waals surface area contributed by atoms with Gasteiger partial charge in [-0.15, -0.1) is 0 Å². The van der Waals surface area contributed by atoms with Crippen molar-refractivity contribution in [1.82, 2.24) is 0 Å². The van der Waals surface area contributed by atoms with E-state index >= 15 is 0 Å². The first-order chi connectivity index (χ1) is 6.63. The van der Waals surface area contributed by atoms with Crippen molar-refractivity contribution in [2.45, 2.75) is 12.8 Å². The Labute approximate surface area is 79.9 Å². The molecule has 0 atom stereocenters. The summed E-state index contributed by atoms with van der Waals surface area (Å²) in [6, 6.07) is 1.15. The van der Waals surface area contributed by atoms with Crippen LogP contribution in [-0.2, 0) is 16.0 Å². The molecule has 76 valence electrons. The van der Waals surface area contributed by atoms with Crippen LogP contribution in [0.2, 0.25) is 0 Å². The molecule has 1 aromatic rings. The molecule has 0 aromatic carbocycles. The summed E-state index contributed by atoms with van der Waals surface area (Å²) >= 11 is 0. The number of hydrogen-bond acceptors (Lipinski definition) is 5. The van der Waals surface area contributed by atoms with Crippen molar-refractivity contribution in [3.8, 4) is 5.75 Å². The van der Waals surface area contributed by atoms with Crippen LogP contribution in [0.4, 0.5) is 0 Å². The molecule has 5 heteroatoms. The largest absolute Gasteiger partial charge is 0.502 e. The molecular weight excluding hydrogens is 188 g/mol. The zero-order valence-corrected chi connectivity index (χ0v) is 7.65. The van der Waals surface area contributed by atoms with E-state index in [9.17, 15) is 9.59 Å². The highest BCUT2D eigenvalue weighted by Crippen LogP contribution is 2.05. The number of ether oxygens (including phenoxy) is 1. The third kappa shape index (κ3) is 2.62. The number of hydrogen-bond donors (Lipinski definition) is 1. The minimum atomic E-state index is -0.517. The average Bonchev–Trinajstić information content (AvgIpc) is 2.19. The number of aryl methyl sites for hydroxylation is 1. The first kappa shape index (κ1) is 10.3.